The summed E-state index contributed by atoms with van der Waals surface area (Å²) in [4.78, 5) is 6.85. The van der Waals surface area contributed by atoms with Gasteiger partial charge in [-0.2, -0.15) is 0 Å². The lowest BCUT2D eigenvalue weighted by Gasteiger charge is -2.25. The largest absolute Gasteiger partial charge is 0.383 e. The molecule has 0 bridgehead atoms. The van der Waals surface area contributed by atoms with Crippen molar-refractivity contribution in [3.63, 3.8) is 0 Å². The lowest BCUT2D eigenvalue weighted by molar-refractivity contribution is 0.190. The molecule has 1 aromatic heterocycles. The van der Waals surface area contributed by atoms with E-state index in [1.54, 1.807) is 14.2 Å². The van der Waals surface area contributed by atoms with Gasteiger partial charge in [-0.05, 0) is 24.1 Å². The van der Waals surface area contributed by atoms with E-state index in [-0.39, 0.29) is 0 Å². The van der Waals surface area contributed by atoms with Gasteiger partial charge in [0.2, 0.25) is 0 Å². The summed E-state index contributed by atoms with van der Waals surface area (Å²) < 4.78 is 10.4. The summed E-state index contributed by atoms with van der Waals surface area (Å²) in [7, 11) is 3.44. The Morgan fingerprint density at radius 1 is 1.19 bits per heavy atom. The van der Waals surface area contributed by atoms with E-state index in [0.29, 0.717) is 19.3 Å². The quantitative estimate of drug-likeness (QED) is 0.715. The molecule has 120 valence electrons. The molecule has 1 aromatic rings. The molecule has 0 radical (unpaired) electrons. The van der Waals surface area contributed by atoms with Gasteiger partial charge in [0.1, 0.15) is 5.82 Å². The van der Waals surface area contributed by atoms with Gasteiger partial charge in [0.15, 0.2) is 0 Å². The van der Waals surface area contributed by atoms with Gasteiger partial charge in [-0.25, -0.2) is 4.98 Å². The molecular formula is C16H29N3O2. The molecule has 1 N–H and O–H groups in total. The van der Waals surface area contributed by atoms with E-state index < -0.39 is 0 Å². The number of rotatable bonds is 10. The van der Waals surface area contributed by atoms with E-state index in [2.05, 4.69) is 42.0 Å². The van der Waals surface area contributed by atoms with E-state index in [9.17, 15) is 0 Å². The Bertz CT molecular complexity index is 403. The molecule has 0 saturated carbocycles. The molecule has 5 heteroatoms. The van der Waals surface area contributed by atoms with Crippen molar-refractivity contribution in [2.75, 3.05) is 45.4 Å². The molecule has 5 nitrogen and oxygen atoms in total. The minimum absolute atomic E-state index is 0.477. The number of ether oxygens (including phenoxy) is 2. The first-order valence-electron chi connectivity index (χ1n) is 7.50. The van der Waals surface area contributed by atoms with Crippen molar-refractivity contribution in [1.29, 1.82) is 0 Å². The number of aryl methyl sites for hydroxylation is 1. The Balaban J connectivity index is 2.77. The van der Waals surface area contributed by atoms with Gasteiger partial charge in [0, 0.05) is 46.1 Å². The Morgan fingerprint density at radius 3 is 2.29 bits per heavy atom. The van der Waals surface area contributed by atoms with Crippen LogP contribution in [0.4, 0.5) is 5.82 Å². The Kier molecular flexibility index (Phi) is 8.27. The number of anilines is 1. The number of pyridine rings is 1. The van der Waals surface area contributed by atoms with E-state index >= 15 is 0 Å². The maximum atomic E-state index is 5.18. The highest BCUT2D eigenvalue weighted by atomic mass is 16.5. The van der Waals surface area contributed by atoms with Gasteiger partial charge >= 0.3 is 0 Å². The van der Waals surface area contributed by atoms with Crippen LogP contribution >= 0.6 is 0 Å². The molecule has 0 aliphatic heterocycles. The van der Waals surface area contributed by atoms with E-state index in [1.165, 1.54) is 11.1 Å². The standard InChI is InChI=1S/C16H29N3O2/c1-13(2)17-11-15-10-14(3)16(18-12-15)19(6-8-20-4)7-9-21-5/h10,12-13,17H,6-9,11H2,1-5H3. The van der Waals surface area contributed by atoms with Crippen LogP contribution in [0, 0.1) is 6.92 Å². The maximum Gasteiger partial charge on any atom is 0.131 e. The number of methoxy groups -OCH3 is 2. The minimum atomic E-state index is 0.477. The van der Waals surface area contributed by atoms with E-state index in [1.807, 2.05) is 6.20 Å². The smallest absolute Gasteiger partial charge is 0.131 e. The van der Waals surface area contributed by atoms with Crippen molar-refractivity contribution >= 4 is 5.82 Å². The van der Waals surface area contributed by atoms with Crippen molar-refractivity contribution < 1.29 is 9.47 Å². The molecule has 0 aliphatic rings. The first-order chi connectivity index (χ1) is 10.1. The Morgan fingerprint density at radius 2 is 1.81 bits per heavy atom. The van der Waals surface area contributed by atoms with Crippen LogP contribution in [0.3, 0.4) is 0 Å². The summed E-state index contributed by atoms with van der Waals surface area (Å²) in [6.07, 6.45) is 1.95. The molecular weight excluding hydrogens is 266 g/mol. The average Bonchev–Trinajstić information content (AvgIpc) is 2.46. The number of aromatic nitrogens is 1. The molecule has 0 saturated heterocycles. The second-order valence-corrected chi connectivity index (χ2v) is 5.49. The van der Waals surface area contributed by atoms with Gasteiger partial charge in [0.05, 0.1) is 13.2 Å². The van der Waals surface area contributed by atoms with Crippen LogP contribution in [0.25, 0.3) is 0 Å². The minimum Gasteiger partial charge on any atom is -0.383 e. The molecule has 21 heavy (non-hydrogen) atoms. The summed E-state index contributed by atoms with van der Waals surface area (Å²) in [5, 5.41) is 3.41. The van der Waals surface area contributed by atoms with E-state index in [4.69, 9.17) is 9.47 Å². The number of hydrogen-bond acceptors (Lipinski definition) is 5. The zero-order chi connectivity index (χ0) is 15.7. The third-order valence-corrected chi connectivity index (χ3v) is 3.25. The van der Waals surface area contributed by atoms with Gasteiger partial charge < -0.3 is 19.7 Å². The van der Waals surface area contributed by atoms with Crippen molar-refractivity contribution in [2.24, 2.45) is 0 Å². The summed E-state index contributed by atoms with van der Waals surface area (Å²) in [6, 6.07) is 2.68. The molecule has 0 fully saturated rings. The summed E-state index contributed by atoms with van der Waals surface area (Å²) in [6.45, 7) is 10.2. The Labute approximate surface area is 128 Å². The first kappa shape index (κ1) is 17.9. The van der Waals surface area contributed by atoms with Crippen LogP contribution in [0.1, 0.15) is 25.0 Å². The average molecular weight is 295 g/mol. The second kappa shape index (κ2) is 9.71. The fourth-order valence-corrected chi connectivity index (χ4v) is 2.10. The third kappa shape index (κ3) is 6.42. The lowest BCUT2D eigenvalue weighted by Crippen LogP contribution is -2.32. The first-order valence-corrected chi connectivity index (χ1v) is 7.50. The van der Waals surface area contributed by atoms with Crippen molar-refractivity contribution in [1.82, 2.24) is 10.3 Å². The van der Waals surface area contributed by atoms with Gasteiger partial charge in [-0.1, -0.05) is 13.8 Å². The van der Waals surface area contributed by atoms with Crippen LogP contribution in [-0.4, -0.2) is 51.5 Å². The predicted octanol–water partition coefficient (Wildman–Crippen LogP) is 1.99. The molecule has 0 amide bonds. The van der Waals surface area contributed by atoms with Gasteiger partial charge in [-0.15, -0.1) is 0 Å². The fourth-order valence-electron chi connectivity index (χ4n) is 2.10. The molecule has 0 spiro atoms. The van der Waals surface area contributed by atoms with Crippen LogP contribution < -0.4 is 10.2 Å². The zero-order valence-electron chi connectivity index (χ0n) is 14.0. The number of hydrogen-bond donors (Lipinski definition) is 1. The van der Waals surface area contributed by atoms with Crippen molar-refractivity contribution in [3.05, 3.63) is 23.4 Å². The topological polar surface area (TPSA) is 46.6 Å². The highest BCUT2D eigenvalue weighted by Gasteiger charge is 2.11. The second-order valence-electron chi connectivity index (χ2n) is 5.49. The zero-order valence-corrected chi connectivity index (χ0v) is 14.0. The molecule has 0 unspecified atom stereocenters. The van der Waals surface area contributed by atoms with Crippen molar-refractivity contribution in [2.45, 2.75) is 33.4 Å². The van der Waals surface area contributed by atoms with Crippen molar-refractivity contribution in [3.8, 4) is 0 Å². The van der Waals surface area contributed by atoms with Gasteiger partial charge in [0.25, 0.3) is 0 Å². The number of nitrogens with one attached hydrogen (secondary N) is 1. The van der Waals surface area contributed by atoms with E-state index in [0.717, 1.165) is 25.5 Å². The SMILES string of the molecule is COCCN(CCOC)c1ncc(CNC(C)C)cc1C. The monoisotopic (exact) mass is 295 g/mol. The highest BCUT2D eigenvalue weighted by molar-refractivity contribution is 5.47. The third-order valence-electron chi connectivity index (χ3n) is 3.25. The fraction of sp³-hybridized carbons (Fsp3) is 0.688. The molecule has 1 rings (SSSR count). The van der Waals surface area contributed by atoms with Crippen LogP contribution in [0.2, 0.25) is 0 Å². The normalized spacial score (nSPS) is 11.1. The molecule has 0 aliphatic carbocycles. The Hall–Kier alpha value is -1.17. The summed E-state index contributed by atoms with van der Waals surface area (Å²) >= 11 is 0. The van der Waals surface area contributed by atoms with Gasteiger partial charge in [-0.3, -0.25) is 0 Å². The van der Waals surface area contributed by atoms with Crippen LogP contribution in [0.5, 0.6) is 0 Å². The molecule has 0 aromatic carbocycles. The number of nitrogens with zero attached hydrogens (tertiary/aromatic N) is 2. The summed E-state index contributed by atoms with van der Waals surface area (Å²) in [5.41, 5.74) is 2.40. The predicted molar refractivity (Wildman–Crippen MR) is 86.9 cm³/mol. The summed E-state index contributed by atoms with van der Waals surface area (Å²) in [5.74, 6) is 1.01. The highest BCUT2D eigenvalue weighted by Crippen LogP contribution is 2.18. The van der Waals surface area contributed by atoms with Crippen LogP contribution in [0.15, 0.2) is 12.3 Å². The molecule has 0 atom stereocenters. The lowest BCUT2D eigenvalue weighted by atomic mass is 10.2. The maximum absolute atomic E-state index is 5.18. The van der Waals surface area contributed by atoms with Crippen LogP contribution in [-0.2, 0) is 16.0 Å². The molecule has 1 heterocycles.